The van der Waals surface area contributed by atoms with Gasteiger partial charge in [0.1, 0.15) is 0 Å². The first kappa shape index (κ1) is 14.5. The Morgan fingerprint density at radius 2 is 2.00 bits per heavy atom. The van der Waals surface area contributed by atoms with E-state index in [1.807, 2.05) is 29.6 Å². The Hall–Kier alpha value is -1.88. The zero-order valence-corrected chi connectivity index (χ0v) is 11.9. The van der Waals surface area contributed by atoms with E-state index in [1.165, 1.54) is 4.70 Å². The molecule has 0 saturated heterocycles. The van der Waals surface area contributed by atoms with E-state index in [0.29, 0.717) is 25.8 Å². The molecule has 5 heteroatoms. The minimum Gasteiger partial charge on any atom is -0.481 e. The Bertz CT molecular complexity index is 606. The van der Waals surface area contributed by atoms with Crippen molar-refractivity contribution in [3.8, 4) is 0 Å². The average molecular weight is 291 g/mol. The van der Waals surface area contributed by atoms with E-state index in [1.54, 1.807) is 11.3 Å². The molecule has 0 bridgehead atoms. The first-order valence-electron chi connectivity index (χ1n) is 6.60. The number of carbonyl (C=O) groups is 2. The molecule has 4 nitrogen and oxygen atoms in total. The number of fused-ring (bicyclic) bond motifs is 1. The van der Waals surface area contributed by atoms with Crippen LogP contribution in [0.4, 0.5) is 0 Å². The van der Waals surface area contributed by atoms with Crippen molar-refractivity contribution in [2.24, 2.45) is 0 Å². The zero-order chi connectivity index (χ0) is 14.4. The van der Waals surface area contributed by atoms with Gasteiger partial charge in [-0.1, -0.05) is 18.2 Å². The molecule has 1 amide bonds. The van der Waals surface area contributed by atoms with Gasteiger partial charge in [-0.15, -0.1) is 11.3 Å². The quantitative estimate of drug-likeness (QED) is 0.771. The summed E-state index contributed by atoms with van der Waals surface area (Å²) in [5.41, 5.74) is 1.05. The molecule has 0 fully saturated rings. The van der Waals surface area contributed by atoms with E-state index in [2.05, 4.69) is 5.32 Å². The van der Waals surface area contributed by atoms with Crippen LogP contribution in [0.15, 0.2) is 29.6 Å². The van der Waals surface area contributed by atoms with Crippen molar-refractivity contribution >= 4 is 33.3 Å². The third-order valence-corrected chi connectivity index (χ3v) is 4.06. The molecule has 0 aliphatic carbocycles. The lowest BCUT2D eigenvalue weighted by Crippen LogP contribution is -2.26. The number of hydrogen-bond donors (Lipinski definition) is 2. The summed E-state index contributed by atoms with van der Waals surface area (Å²) >= 11 is 1.65. The Labute approximate surface area is 121 Å². The van der Waals surface area contributed by atoms with E-state index < -0.39 is 5.97 Å². The molecule has 0 unspecified atom stereocenters. The van der Waals surface area contributed by atoms with Gasteiger partial charge in [0.05, 0.1) is 6.42 Å². The number of hydrogen-bond acceptors (Lipinski definition) is 3. The number of unbranched alkanes of at least 4 members (excludes halogenated alkanes) is 1. The number of benzene rings is 1. The van der Waals surface area contributed by atoms with Gasteiger partial charge in [0.15, 0.2) is 0 Å². The Balaban J connectivity index is 1.78. The fraction of sp³-hybridized carbons (Fsp3) is 0.333. The summed E-state index contributed by atoms with van der Waals surface area (Å²) < 4.78 is 1.19. The summed E-state index contributed by atoms with van der Waals surface area (Å²) in [4.78, 5) is 22.2. The van der Waals surface area contributed by atoms with Gasteiger partial charge in [-0.2, -0.15) is 0 Å². The van der Waals surface area contributed by atoms with Gasteiger partial charge in [0, 0.05) is 17.7 Å². The first-order chi connectivity index (χ1) is 9.66. The van der Waals surface area contributed by atoms with Crippen molar-refractivity contribution in [3.63, 3.8) is 0 Å². The number of aliphatic carboxylic acids is 1. The number of carbonyl (C=O) groups excluding carboxylic acids is 1. The average Bonchev–Trinajstić information content (AvgIpc) is 2.81. The third kappa shape index (κ3) is 4.06. The van der Waals surface area contributed by atoms with E-state index in [9.17, 15) is 9.59 Å². The van der Waals surface area contributed by atoms with Crippen molar-refractivity contribution in [3.05, 3.63) is 35.2 Å². The van der Waals surface area contributed by atoms with Crippen LogP contribution in [-0.2, 0) is 16.0 Å². The number of nitrogens with one attached hydrogen (secondary N) is 1. The molecule has 2 N–H and O–H groups in total. The molecule has 1 aromatic carbocycles. The molecule has 0 spiro atoms. The van der Waals surface area contributed by atoms with Crippen LogP contribution >= 0.6 is 11.3 Å². The normalized spacial score (nSPS) is 10.6. The summed E-state index contributed by atoms with van der Waals surface area (Å²) in [5, 5.41) is 14.5. The van der Waals surface area contributed by atoms with Gasteiger partial charge in [-0.3, -0.25) is 9.59 Å². The number of rotatable bonds is 7. The highest BCUT2D eigenvalue weighted by Crippen LogP contribution is 2.25. The summed E-state index contributed by atoms with van der Waals surface area (Å²) in [6, 6.07) is 8.04. The molecule has 2 rings (SSSR count). The predicted molar refractivity (Wildman–Crippen MR) is 80.0 cm³/mol. The molecule has 0 atom stereocenters. The minimum absolute atomic E-state index is 0.0103. The van der Waals surface area contributed by atoms with Gasteiger partial charge in [-0.05, 0) is 35.2 Å². The molecule has 1 aromatic heterocycles. The Morgan fingerprint density at radius 3 is 2.80 bits per heavy atom. The Morgan fingerprint density at radius 1 is 1.20 bits per heavy atom. The summed E-state index contributed by atoms with van der Waals surface area (Å²) in [6.07, 6.45) is 1.83. The summed E-state index contributed by atoms with van der Waals surface area (Å²) in [7, 11) is 0. The smallest absolute Gasteiger partial charge is 0.303 e. The van der Waals surface area contributed by atoms with Crippen LogP contribution < -0.4 is 5.32 Å². The fourth-order valence-electron chi connectivity index (χ4n) is 2.03. The highest BCUT2D eigenvalue weighted by Gasteiger charge is 2.08. The van der Waals surface area contributed by atoms with Gasteiger partial charge in [0.2, 0.25) is 5.91 Å². The van der Waals surface area contributed by atoms with E-state index in [0.717, 1.165) is 10.9 Å². The predicted octanol–water partition coefficient (Wildman–Crippen LogP) is 2.81. The van der Waals surface area contributed by atoms with Crippen LogP contribution in [-0.4, -0.2) is 23.5 Å². The number of carboxylic acids is 1. The molecule has 20 heavy (non-hydrogen) atoms. The maximum Gasteiger partial charge on any atom is 0.303 e. The second-order valence-electron chi connectivity index (χ2n) is 4.63. The van der Waals surface area contributed by atoms with E-state index >= 15 is 0 Å². The van der Waals surface area contributed by atoms with Gasteiger partial charge >= 0.3 is 5.97 Å². The highest BCUT2D eigenvalue weighted by atomic mass is 32.1. The first-order valence-corrected chi connectivity index (χ1v) is 7.48. The second-order valence-corrected chi connectivity index (χ2v) is 5.55. The third-order valence-electron chi connectivity index (χ3n) is 3.05. The number of thiophene rings is 1. The van der Waals surface area contributed by atoms with Crippen molar-refractivity contribution in [1.82, 2.24) is 5.32 Å². The molecule has 2 aromatic rings. The topological polar surface area (TPSA) is 66.4 Å². The van der Waals surface area contributed by atoms with Crippen molar-refractivity contribution in [1.29, 1.82) is 0 Å². The Kier molecular flexibility index (Phi) is 5.12. The summed E-state index contributed by atoms with van der Waals surface area (Å²) in [5.74, 6) is -0.801. The maximum atomic E-state index is 11.8. The minimum atomic E-state index is -0.791. The van der Waals surface area contributed by atoms with Gasteiger partial charge in [0.25, 0.3) is 0 Å². The van der Waals surface area contributed by atoms with Crippen LogP contribution in [0.2, 0.25) is 0 Å². The highest BCUT2D eigenvalue weighted by molar-refractivity contribution is 7.17. The molecule has 0 saturated carbocycles. The molecule has 1 heterocycles. The number of carboxylic acid groups (broad SMARTS) is 1. The standard InChI is InChI=1S/C15H17NO3S/c17-14(16-8-4-3-7-15(18)19)9-11-10-20-13-6-2-1-5-12(11)13/h1-2,5-6,10H,3-4,7-9H2,(H,16,17)(H,18,19). The lowest BCUT2D eigenvalue weighted by atomic mass is 10.1. The van der Waals surface area contributed by atoms with E-state index in [4.69, 9.17) is 5.11 Å². The van der Waals surface area contributed by atoms with Crippen molar-refractivity contribution in [2.45, 2.75) is 25.7 Å². The van der Waals surface area contributed by atoms with Crippen LogP contribution in [0.3, 0.4) is 0 Å². The number of amides is 1. The molecular weight excluding hydrogens is 274 g/mol. The van der Waals surface area contributed by atoms with Crippen LogP contribution in [0.25, 0.3) is 10.1 Å². The monoisotopic (exact) mass is 291 g/mol. The lowest BCUT2D eigenvalue weighted by Gasteiger charge is -2.04. The molecular formula is C15H17NO3S. The molecule has 0 aliphatic heterocycles. The van der Waals surface area contributed by atoms with E-state index in [-0.39, 0.29) is 12.3 Å². The summed E-state index contributed by atoms with van der Waals surface area (Å²) in [6.45, 7) is 0.536. The maximum absolute atomic E-state index is 11.8. The second kappa shape index (κ2) is 7.05. The van der Waals surface area contributed by atoms with Crippen LogP contribution in [0.5, 0.6) is 0 Å². The largest absolute Gasteiger partial charge is 0.481 e. The lowest BCUT2D eigenvalue weighted by molar-refractivity contribution is -0.137. The van der Waals surface area contributed by atoms with Crippen LogP contribution in [0.1, 0.15) is 24.8 Å². The van der Waals surface area contributed by atoms with Crippen LogP contribution in [0, 0.1) is 0 Å². The van der Waals surface area contributed by atoms with Gasteiger partial charge < -0.3 is 10.4 Å². The zero-order valence-electron chi connectivity index (χ0n) is 11.1. The molecule has 0 aliphatic rings. The molecule has 0 radical (unpaired) electrons. The van der Waals surface area contributed by atoms with Gasteiger partial charge in [-0.25, -0.2) is 0 Å². The SMILES string of the molecule is O=C(O)CCCCNC(=O)Cc1csc2ccccc12. The van der Waals surface area contributed by atoms with Crippen molar-refractivity contribution < 1.29 is 14.7 Å². The fourth-order valence-corrected chi connectivity index (χ4v) is 3.00. The van der Waals surface area contributed by atoms with Crippen molar-refractivity contribution in [2.75, 3.05) is 6.54 Å². The molecule has 106 valence electrons.